The van der Waals surface area contributed by atoms with Crippen LogP contribution in [0.15, 0.2) is 40.6 Å². The molecule has 1 heterocycles. The van der Waals surface area contributed by atoms with Crippen LogP contribution in [-0.4, -0.2) is 43.5 Å². The minimum atomic E-state index is -3.62. The normalized spacial score (nSPS) is 11.9. The van der Waals surface area contributed by atoms with E-state index in [9.17, 15) is 13.2 Å². The Morgan fingerprint density at radius 3 is 2.58 bits per heavy atom. The Balaban J connectivity index is 1.73. The van der Waals surface area contributed by atoms with Crippen LogP contribution in [0.25, 0.3) is 10.1 Å². The van der Waals surface area contributed by atoms with Crippen LogP contribution >= 0.6 is 22.9 Å². The zero-order valence-corrected chi connectivity index (χ0v) is 21.3. The molecule has 0 spiro atoms. The highest BCUT2D eigenvalue weighted by molar-refractivity contribution is 7.91. The van der Waals surface area contributed by atoms with Crippen molar-refractivity contribution in [3.8, 4) is 5.75 Å². The van der Waals surface area contributed by atoms with Crippen LogP contribution < -0.4 is 4.74 Å². The lowest BCUT2D eigenvalue weighted by Gasteiger charge is -2.21. The summed E-state index contributed by atoms with van der Waals surface area (Å²) in [5, 5.41) is 10.2. The van der Waals surface area contributed by atoms with Crippen LogP contribution in [0.3, 0.4) is 0 Å². The molecule has 0 atom stereocenters. The lowest BCUT2D eigenvalue weighted by atomic mass is 10.1. The Morgan fingerprint density at radius 1 is 1.15 bits per heavy atom. The first-order valence-corrected chi connectivity index (χ1v) is 13.4. The molecule has 0 amide bonds. The average molecular weight is 510 g/mol. The molecule has 1 N–H and O–H groups in total. The molecule has 2 aromatic carbocycles. The molecule has 0 saturated carbocycles. The summed E-state index contributed by atoms with van der Waals surface area (Å²) in [5.74, 6) is -0.482. The Bertz CT molecular complexity index is 1250. The number of aryl methyl sites for hydroxylation is 3. The van der Waals surface area contributed by atoms with Gasteiger partial charge in [-0.25, -0.2) is 13.2 Å². The number of ether oxygens (including phenoxy) is 1. The minimum absolute atomic E-state index is 0.379. The second kappa shape index (κ2) is 10.9. The topological polar surface area (TPSA) is 83.9 Å². The highest BCUT2D eigenvalue weighted by atomic mass is 35.5. The molecular weight excluding hydrogens is 482 g/mol. The number of fused-ring (bicyclic) bond motifs is 1. The van der Waals surface area contributed by atoms with Gasteiger partial charge in [0, 0.05) is 22.8 Å². The van der Waals surface area contributed by atoms with Crippen molar-refractivity contribution < 1.29 is 23.1 Å². The van der Waals surface area contributed by atoms with Gasteiger partial charge in [0.15, 0.2) is 6.61 Å². The third-order valence-corrected chi connectivity index (χ3v) is 9.37. The summed E-state index contributed by atoms with van der Waals surface area (Å²) < 4.78 is 35.1. The van der Waals surface area contributed by atoms with E-state index < -0.39 is 16.0 Å². The fourth-order valence-corrected chi connectivity index (χ4v) is 7.39. The first kappa shape index (κ1) is 25.5. The summed E-state index contributed by atoms with van der Waals surface area (Å²) in [6, 6.07) is 11.1. The number of carboxylic acid groups (broad SMARTS) is 1. The first-order valence-electron chi connectivity index (χ1n) is 10.8. The third-order valence-electron chi connectivity index (χ3n) is 5.37. The molecule has 0 aliphatic carbocycles. The molecule has 0 fully saturated rings. The van der Waals surface area contributed by atoms with Gasteiger partial charge in [-0.15, -0.1) is 11.3 Å². The fraction of sp³-hybridized carbons (Fsp3) is 0.375. The van der Waals surface area contributed by atoms with Gasteiger partial charge in [0.2, 0.25) is 0 Å². The number of aliphatic carboxylic acids is 1. The average Bonchev–Trinajstić information content (AvgIpc) is 3.09. The molecule has 9 heteroatoms. The maximum atomic E-state index is 13.5. The molecule has 0 radical (unpaired) electrons. The number of hydrogen-bond donors (Lipinski definition) is 1. The van der Waals surface area contributed by atoms with Crippen molar-refractivity contribution in [3.05, 3.63) is 58.1 Å². The molecule has 0 saturated heterocycles. The number of halogens is 1. The van der Waals surface area contributed by atoms with Gasteiger partial charge < -0.3 is 9.84 Å². The predicted molar refractivity (Wildman–Crippen MR) is 133 cm³/mol. The molecular formula is C24H28ClNO5S2. The van der Waals surface area contributed by atoms with Crippen molar-refractivity contribution in [2.45, 2.75) is 44.2 Å². The quantitative estimate of drug-likeness (QED) is 0.360. The standard InChI is InChI=1S/C24H28ClNO5S2/c1-4-11-26(12-5-6-18-7-9-21(16(2)13-18)31-15-23(27)28)33(29,30)24-17(3)20-14-19(25)8-10-22(20)32-24/h7-10,13-14H,4-6,11-12,15H2,1-3H3,(H,27,28). The van der Waals surface area contributed by atoms with Gasteiger partial charge in [0.1, 0.15) is 9.96 Å². The van der Waals surface area contributed by atoms with E-state index in [1.807, 2.05) is 45.0 Å². The lowest BCUT2D eigenvalue weighted by Crippen LogP contribution is -2.33. The summed E-state index contributed by atoms with van der Waals surface area (Å²) in [5.41, 5.74) is 2.65. The number of hydrogen-bond acceptors (Lipinski definition) is 5. The number of sulfonamides is 1. The van der Waals surface area contributed by atoms with E-state index in [0.717, 1.165) is 33.2 Å². The van der Waals surface area contributed by atoms with Crippen molar-refractivity contribution >= 4 is 49.0 Å². The fourth-order valence-electron chi connectivity index (χ4n) is 3.76. The zero-order valence-electron chi connectivity index (χ0n) is 18.9. The van der Waals surface area contributed by atoms with Gasteiger partial charge >= 0.3 is 5.97 Å². The molecule has 3 rings (SSSR count). The van der Waals surface area contributed by atoms with Gasteiger partial charge in [-0.1, -0.05) is 30.7 Å². The SMILES string of the molecule is CCCN(CCCc1ccc(OCC(=O)O)c(C)c1)S(=O)(=O)c1sc2ccc(Cl)cc2c1C. The van der Waals surface area contributed by atoms with E-state index in [4.69, 9.17) is 21.4 Å². The Morgan fingerprint density at radius 2 is 1.91 bits per heavy atom. The number of carboxylic acids is 1. The van der Waals surface area contributed by atoms with E-state index >= 15 is 0 Å². The van der Waals surface area contributed by atoms with E-state index in [1.54, 1.807) is 16.4 Å². The van der Waals surface area contributed by atoms with Crippen molar-refractivity contribution in [2.75, 3.05) is 19.7 Å². The van der Waals surface area contributed by atoms with Gasteiger partial charge in [-0.2, -0.15) is 4.31 Å². The summed E-state index contributed by atoms with van der Waals surface area (Å²) in [6.07, 6.45) is 2.10. The summed E-state index contributed by atoms with van der Waals surface area (Å²) >= 11 is 7.41. The second-order valence-electron chi connectivity index (χ2n) is 7.94. The van der Waals surface area contributed by atoms with Crippen molar-refractivity contribution in [1.82, 2.24) is 4.31 Å². The van der Waals surface area contributed by atoms with Crippen LogP contribution in [0.4, 0.5) is 0 Å². The highest BCUT2D eigenvalue weighted by Crippen LogP contribution is 2.37. The molecule has 33 heavy (non-hydrogen) atoms. The molecule has 3 aromatic rings. The molecule has 6 nitrogen and oxygen atoms in total. The van der Waals surface area contributed by atoms with Gasteiger partial charge in [-0.05, 0) is 79.5 Å². The van der Waals surface area contributed by atoms with Crippen LogP contribution in [0.5, 0.6) is 5.75 Å². The monoisotopic (exact) mass is 509 g/mol. The number of carbonyl (C=O) groups is 1. The second-order valence-corrected chi connectivity index (χ2v) is 11.6. The van der Waals surface area contributed by atoms with Crippen molar-refractivity contribution in [3.63, 3.8) is 0 Å². The van der Waals surface area contributed by atoms with Crippen LogP contribution in [0.2, 0.25) is 5.02 Å². The number of benzene rings is 2. The molecule has 178 valence electrons. The van der Waals surface area contributed by atoms with Crippen LogP contribution in [-0.2, 0) is 21.2 Å². The largest absolute Gasteiger partial charge is 0.482 e. The Hall–Kier alpha value is -2.13. The number of thiophene rings is 1. The molecule has 0 aliphatic heterocycles. The van der Waals surface area contributed by atoms with E-state index in [2.05, 4.69) is 0 Å². The minimum Gasteiger partial charge on any atom is -0.482 e. The number of rotatable bonds is 11. The Kier molecular flexibility index (Phi) is 8.39. The maximum absolute atomic E-state index is 13.5. The van der Waals surface area contributed by atoms with Gasteiger partial charge in [0.25, 0.3) is 10.0 Å². The Labute approximate surface area is 203 Å². The van der Waals surface area contributed by atoms with E-state index in [0.29, 0.717) is 40.9 Å². The molecule has 0 unspecified atom stereocenters. The lowest BCUT2D eigenvalue weighted by molar-refractivity contribution is -0.139. The molecule has 1 aromatic heterocycles. The molecule has 0 bridgehead atoms. The van der Waals surface area contributed by atoms with E-state index in [1.165, 1.54) is 11.3 Å². The molecule has 0 aliphatic rings. The summed E-state index contributed by atoms with van der Waals surface area (Å²) in [7, 11) is -3.62. The van der Waals surface area contributed by atoms with Crippen molar-refractivity contribution in [2.24, 2.45) is 0 Å². The van der Waals surface area contributed by atoms with Crippen LogP contribution in [0, 0.1) is 13.8 Å². The number of nitrogens with zero attached hydrogens (tertiary/aromatic N) is 1. The van der Waals surface area contributed by atoms with E-state index in [-0.39, 0.29) is 6.61 Å². The van der Waals surface area contributed by atoms with Gasteiger partial charge in [-0.3, -0.25) is 0 Å². The third kappa shape index (κ3) is 6.06. The smallest absolute Gasteiger partial charge is 0.341 e. The zero-order chi connectivity index (χ0) is 24.2. The van der Waals surface area contributed by atoms with Crippen LogP contribution in [0.1, 0.15) is 36.5 Å². The summed E-state index contributed by atoms with van der Waals surface area (Å²) in [6.45, 7) is 6.17. The predicted octanol–water partition coefficient (Wildman–Crippen LogP) is 5.67. The maximum Gasteiger partial charge on any atom is 0.341 e. The van der Waals surface area contributed by atoms with Crippen molar-refractivity contribution in [1.29, 1.82) is 0 Å². The highest BCUT2D eigenvalue weighted by Gasteiger charge is 2.28. The van der Waals surface area contributed by atoms with Gasteiger partial charge in [0.05, 0.1) is 0 Å². The first-order chi connectivity index (χ1) is 15.6. The summed E-state index contributed by atoms with van der Waals surface area (Å²) in [4.78, 5) is 10.7.